The number of amides is 1. The van der Waals surface area contributed by atoms with Crippen molar-refractivity contribution in [2.24, 2.45) is 0 Å². The minimum atomic E-state index is -0.524. The molecule has 0 fully saturated rings. The van der Waals surface area contributed by atoms with E-state index in [4.69, 9.17) is 10.00 Å². The molecular weight excluding hydrogens is 368 g/mol. The number of rotatable bonds is 8. The Morgan fingerprint density at radius 1 is 1.08 bits per heavy atom. The van der Waals surface area contributed by atoms with Crippen LogP contribution in [0.25, 0.3) is 0 Å². The molecule has 5 nitrogen and oxygen atoms in total. The molecule has 0 aliphatic heterocycles. The molecule has 0 spiro atoms. The number of hydrogen-bond acceptors (Lipinski definition) is 6. The first-order valence-corrected chi connectivity index (χ1v) is 9.90. The molecule has 1 amide bonds. The van der Waals surface area contributed by atoms with Gasteiger partial charge in [0.2, 0.25) is 0 Å². The molecule has 0 bridgehead atoms. The molecule has 134 valence electrons. The summed E-state index contributed by atoms with van der Waals surface area (Å²) in [5.41, 5.74) is 1.05. The minimum absolute atomic E-state index is 0.285. The van der Waals surface area contributed by atoms with Gasteiger partial charge in [-0.1, -0.05) is 31.2 Å². The normalized spacial score (nSPS) is 10.0. The highest BCUT2D eigenvalue weighted by atomic mass is 32.2. The highest BCUT2D eigenvalue weighted by molar-refractivity contribution is 7.99. The van der Waals surface area contributed by atoms with Crippen LogP contribution >= 0.6 is 23.5 Å². The van der Waals surface area contributed by atoms with Gasteiger partial charge in [-0.15, -0.1) is 23.5 Å². The third-order valence-electron chi connectivity index (χ3n) is 3.19. The highest BCUT2D eigenvalue weighted by Gasteiger charge is 2.15. The van der Waals surface area contributed by atoms with Crippen molar-refractivity contribution in [3.63, 3.8) is 0 Å². The first-order valence-electron chi connectivity index (χ1n) is 7.93. The number of thioether (sulfide) groups is 2. The molecule has 0 heterocycles. The van der Waals surface area contributed by atoms with Crippen LogP contribution in [-0.4, -0.2) is 30.0 Å². The maximum Gasteiger partial charge on any atom is 0.339 e. The molecule has 0 atom stereocenters. The molecule has 2 aromatic rings. The number of hydrogen-bond donors (Lipinski definition) is 1. The lowest BCUT2D eigenvalue weighted by atomic mass is 10.2. The van der Waals surface area contributed by atoms with Gasteiger partial charge in [0, 0.05) is 9.79 Å². The molecular formula is C19H18N2O3S2. The van der Waals surface area contributed by atoms with Crippen molar-refractivity contribution in [1.29, 1.82) is 5.26 Å². The van der Waals surface area contributed by atoms with Crippen molar-refractivity contribution in [3.8, 4) is 6.07 Å². The molecule has 26 heavy (non-hydrogen) atoms. The van der Waals surface area contributed by atoms with Crippen LogP contribution < -0.4 is 5.32 Å². The summed E-state index contributed by atoms with van der Waals surface area (Å²) in [6.45, 7) is 1.63. The molecule has 0 saturated heterocycles. The van der Waals surface area contributed by atoms with Crippen LogP contribution in [0.2, 0.25) is 0 Å². The van der Waals surface area contributed by atoms with Gasteiger partial charge in [-0.25, -0.2) is 4.79 Å². The van der Waals surface area contributed by atoms with E-state index in [1.807, 2.05) is 37.3 Å². The van der Waals surface area contributed by atoms with Crippen LogP contribution in [0.4, 0.5) is 5.69 Å². The predicted molar refractivity (Wildman–Crippen MR) is 105 cm³/mol. The molecule has 2 rings (SSSR count). The third-order valence-corrected chi connectivity index (χ3v) is 5.09. The van der Waals surface area contributed by atoms with Crippen LogP contribution in [0.15, 0.2) is 58.3 Å². The number of carbonyl (C=O) groups is 2. The van der Waals surface area contributed by atoms with Crippen molar-refractivity contribution in [1.82, 2.24) is 0 Å². The van der Waals surface area contributed by atoms with Crippen molar-refractivity contribution in [2.75, 3.05) is 23.4 Å². The zero-order valence-electron chi connectivity index (χ0n) is 14.2. The number of esters is 1. The molecule has 0 radical (unpaired) electrons. The fourth-order valence-electron chi connectivity index (χ4n) is 2.12. The molecule has 1 N–H and O–H groups in total. The Balaban J connectivity index is 1.95. The van der Waals surface area contributed by atoms with Crippen LogP contribution in [0, 0.1) is 11.3 Å². The highest BCUT2D eigenvalue weighted by Crippen LogP contribution is 2.26. The maximum absolute atomic E-state index is 12.2. The van der Waals surface area contributed by atoms with Gasteiger partial charge in [-0.2, -0.15) is 5.26 Å². The van der Waals surface area contributed by atoms with E-state index in [2.05, 4.69) is 5.32 Å². The fourth-order valence-corrected chi connectivity index (χ4v) is 3.58. The minimum Gasteiger partial charge on any atom is -0.452 e. The number of ether oxygens (including phenoxy) is 1. The Morgan fingerprint density at radius 3 is 2.50 bits per heavy atom. The third kappa shape index (κ3) is 5.83. The van der Waals surface area contributed by atoms with E-state index in [1.54, 1.807) is 36.0 Å². The van der Waals surface area contributed by atoms with E-state index in [-0.39, 0.29) is 12.4 Å². The van der Waals surface area contributed by atoms with E-state index in [9.17, 15) is 9.59 Å². The lowest BCUT2D eigenvalue weighted by molar-refractivity contribution is -0.119. The van der Waals surface area contributed by atoms with E-state index in [0.29, 0.717) is 11.3 Å². The van der Waals surface area contributed by atoms with Gasteiger partial charge >= 0.3 is 5.97 Å². The number of nitriles is 1. The zero-order chi connectivity index (χ0) is 18.8. The monoisotopic (exact) mass is 386 g/mol. The van der Waals surface area contributed by atoms with E-state index in [0.717, 1.165) is 15.5 Å². The molecule has 7 heteroatoms. The fraction of sp³-hybridized carbons (Fsp3) is 0.211. The topological polar surface area (TPSA) is 79.2 Å². The number of carbonyl (C=O) groups excluding carboxylic acids is 2. The Bertz CT molecular complexity index is 818. The van der Waals surface area contributed by atoms with Crippen LogP contribution in [0.5, 0.6) is 0 Å². The van der Waals surface area contributed by atoms with E-state index >= 15 is 0 Å². The average molecular weight is 386 g/mol. The van der Waals surface area contributed by atoms with Gasteiger partial charge in [0.05, 0.1) is 23.1 Å². The Labute approximate surface area is 161 Å². The first kappa shape index (κ1) is 19.9. The van der Waals surface area contributed by atoms with Crippen LogP contribution in [0.1, 0.15) is 17.3 Å². The smallest absolute Gasteiger partial charge is 0.339 e. The van der Waals surface area contributed by atoms with Crippen molar-refractivity contribution >= 4 is 41.1 Å². The number of anilines is 1. The standard InChI is InChI=1S/C19H18N2O3S2/c1-2-25-16-9-5-3-7-14(16)19(23)24-13-18(22)21-15-8-4-6-10-17(15)26-12-11-20/h3-10H,2,12-13H2,1H3,(H,21,22). The molecule has 0 aromatic heterocycles. The summed E-state index contributed by atoms with van der Waals surface area (Å²) in [7, 11) is 0. The van der Waals surface area contributed by atoms with Gasteiger partial charge in [-0.05, 0) is 30.0 Å². The second-order valence-electron chi connectivity index (χ2n) is 5.00. The van der Waals surface area contributed by atoms with Crippen LogP contribution in [-0.2, 0) is 9.53 Å². The first-order chi connectivity index (χ1) is 12.7. The van der Waals surface area contributed by atoms with Crippen molar-refractivity contribution in [3.05, 3.63) is 54.1 Å². The summed E-state index contributed by atoms with van der Waals surface area (Å²) in [6, 6.07) is 16.4. The number of benzene rings is 2. The second kappa shape index (κ2) is 10.5. The van der Waals surface area contributed by atoms with Gasteiger partial charge in [0.1, 0.15) is 0 Å². The quantitative estimate of drug-likeness (QED) is 0.541. The molecule has 0 saturated carbocycles. The summed E-state index contributed by atoms with van der Waals surface area (Å²) in [4.78, 5) is 26.0. The molecule has 0 unspecified atom stereocenters. The summed E-state index contributed by atoms with van der Waals surface area (Å²) < 4.78 is 5.15. The van der Waals surface area contributed by atoms with Gasteiger partial charge in [0.15, 0.2) is 6.61 Å². The number of nitrogens with one attached hydrogen (secondary N) is 1. The summed E-state index contributed by atoms with van der Waals surface area (Å²) in [5.74, 6) is 0.170. The van der Waals surface area contributed by atoms with Gasteiger partial charge < -0.3 is 10.1 Å². The number of para-hydroxylation sites is 1. The van der Waals surface area contributed by atoms with Gasteiger partial charge in [-0.3, -0.25) is 4.79 Å². The van der Waals surface area contributed by atoms with Crippen molar-refractivity contribution in [2.45, 2.75) is 16.7 Å². The molecule has 0 aliphatic rings. The van der Waals surface area contributed by atoms with Crippen molar-refractivity contribution < 1.29 is 14.3 Å². The maximum atomic E-state index is 12.2. The predicted octanol–water partition coefficient (Wildman–Crippen LogP) is 4.21. The van der Waals surface area contributed by atoms with E-state index in [1.165, 1.54) is 11.8 Å². The van der Waals surface area contributed by atoms with E-state index < -0.39 is 11.9 Å². The summed E-state index contributed by atoms with van der Waals surface area (Å²) in [6.07, 6.45) is 0. The van der Waals surface area contributed by atoms with Gasteiger partial charge in [0.25, 0.3) is 5.91 Å². The Morgan fingerprint density at radius 2 is 1.77 bits per heavy atom. The Kier molecular flexibility index (Phi) is 8.06. The second-order valence-corrected chi connectivity index (χ2v) is 7.32. The SMILES string of the molecule is CCSc1ccccc1C(=O)OCC(=O)Nc1ccccc1SCC#N. The largest absolute Gasteiger partial charge is 0.452 e. The summed E-state index contributed by atoms with van der Waals surface area (Å²) in [5, 5.41) is 11.4. The number of nitrogens with zero attached hydrogens (tertiary/aromatic N) is 1. The summed E-state index contributed by atoms with van der Waals surface area (Å²) >= 11 is 2.88. The molecule has 0 aliphatic carbocycles. The lowest BCUT2D eigenvalue weighted by Crippen LogP contribution is -2.21. The lowest BCUT2D eigenvalue weighted by Gasteiger charge is -2.11. The molecule has 2 aromatic carbocycles. The zero-order valence-corrected chi connectivity index (χ0v) is 15.9. The Hall–Kier alpha value is -2.43. The van der Waals surface area contributed by atoms with Crippen LogP contribution in [0.3, 0.4) is 0 Å². The average Bonchev–Trinajstić information content (AvgIpc) is 2.66.